The van der Waals surface area contributed by atoms with E-state index in [1.165, 1.54) is 60.7 Å². The highest BCUT2D eigenvalue weighted by Gasteiger charge is 2.44. The van der Waals surface area contributed by atoms with Crippen LogP contribution in [0.2, 0.25) is 0 Å². The predicted molar refractivity (Wildman–Crippen MR) is 183 cm³/mol. The number of ether oxygens (including phenoxy) is 4. The maximum Gasteiger partial charge on any atom is 0.338 e. The van der Waals surface area contributed by atoms with Gasteiger partial charge in [-0.15, -0.1) is 0 Å². The van der Waals surface area contributed by atoms with Gasteiger partial charge >= 0.3 is 23.9 Å². The summed E-state index contributed by atoms with van der Waals surface area (Å²) >= 11 is 0. The molecule has 1 atom stereocenters. The smallest absolute Gasteiger partial charge is 0.338 e. The molecule has 4 amide bonds. The van der Waals surface area contributed by atoms with E-state index in [1.54, 1.807) is 27.7 Å². The van der Waals surface area contributed by atoms with Gasteiger partial charge in [-0.3, -0.25) is 24.1 Å². The standard InChI is InChI=1S/C37H37N3O12/c1-5-49-34(45)22-7-12-25(13-8-22)38-30(41)19-51-36(47)24-11-16-27-28(18-24)33(44)40(32(27)43)29(17-21(3)4)37(48)52-20-31(42)39-26-14-9-23(10-15-26)35(46)50-6-2/h7-16,18,21,29H,5-6,17,19-20H2,1-4H3,(H,38,41)(H,39,42)/t29-/m0/s1. The van der Waals surface area contributed by atoms with Gasteiger partial charge in [0.05, 0.1) is 41.0 Å². The SMILES string of the molecule is CCOC(=O)c1ccc(NC(=O)COC(=O)c2ccc3c(c2)C(=O)N([C@@H](CC(C)C)C(=O)OCC(=O)Nc2ccc(C(=O)OCC)cc2)C3=O)cc1. The molecule has 0 unspecified atom stereocenters. The molecule has 0 aliphatic carbocycles. The lowest BCUT2D eigenvalue weighted by atomic mass is 10.0. The predicted octanol–water partition coefficient (Wildman–Crippen LogP) is 4.03. The van der Waals surface area contributed by atoms with E-state index in [4.69, 9.17) is 18.9 Å². The van der Waals surface area contributed by atoms with Crippen molar-refractivity contribution in [2.24, 2.45) is 5.92 Å². The molecule has 1 aliphatic heterocycles. The number of amides is 4. The van der Waals surface area contributed by atoms with Crippen LogP contribution in [0.25, 0.3) is 0 Å². The number of esters is 4. The summed E-state index contributed by atoms with van der Waals surface area (Å²) in [4.78, 5) is 102. The van der Waals surface area contributed by atoms with Crippen molar-refractivity contribution in [1.82, 2.24) is 4.90 Å². The monoisotopic (exact) mass is 715 g/mol. The van der Waals surface area contributed by atoms with Crippen LogP contribution in [0.1, 0.15) is 85.9 Å². The fourth-order valence-corrected chi connectivity index (χ4v) is 5.07. The van der Waals surface area contributed by atoms with Gasteiger partial charge in [-0.25, -0.2) is 19.2 Å². The third-order valence-corrected chi connectivity index (χ3v) is 7.47. The zero-order valence-corrected chi connectivity index (χ0v) is 28.9. The second-order valence-corrected chi connectivity index (χ2v) is 11.8. The van der Waals surface area contributed by atoms with Gasteiger partial charge in [0.15, 0.2) is 13.2 Å². The van der Waals surface area contributed by atoms with Crippen molar-refractivity contribution in [1.29, 1.82) is 0 Å². The molecule has 52 heavy (non-hydrogen) atoms. The number of anilines is 2. The number of hydrogen-bond donors (Lipinski definition) is 2. The van der Waals surface area contributed by atoms with Crippen molar-refractivity contribution < 1.29 is 57.3 Å². The normalized spacial score (nSPS) is 12.4. The number of benzene rings is 3. The average Bonchev–Trinajstić information content (AvgIpc) is 3.37. The summed E-state index contributed by atoms with van der Waals surface area (Å²) in [6.45, 7) is 5.92. The van der Waals surface area contributed by atoms with Gasteiger partial charge in [-0.1, -0.05) is 13.8 Å². The molecule has 272 valence electrons. The second kappa shape index (κ2) is 17.5. The summed E-state index contributed by atoms with van der Waals surface area (Å²) in [6.07, 6.45) is 0.0246. The van der Waals surface area contributed by atoms with Gasteiger partial charge in [-0.05, 0) is 92.9 Å². The lowest BCUT2D eigenvalue weighted by molar-refractivity contribution is -0.151. The molecule has 15 nitrogen and oxygen atoms in total. The highest BCUT2D eigenvalue weighted by Crippen LogP contribution is 2.29. The van der Waals surface area contributed by atoms with Crippen molar-refractivity contribution in [2.45, 2.75) is 40.2 Å². The molecule has 0 saturated heterocycles. The highest BCUT2D eigenvalue weighted by atomic mass is 16.5. The first-order chi connectivity index (χ1) is 24.8. The Morgan fingerprint density at radius 1 is 0.596 bits per heavy atom. The molecule has 3 aromatic rings. The Balaban J connectivity index is 1.36. The molecule has 0 radical (unpaired) electrons. The van der Waals surface area contributed by atoms with E-state index in [1.807, 2.05) is 0 Å². The number of imide groups is 1. The van der Waals surface area contributed by atoms with Crippen molar-refractivity contribution in [2.75, 3.05) is 37.1 Å². The van der Waals surface area contributed by atoms with Crippen LogP contribution >= 0.6 is 0 Å². The molecular weight excluding hydrogens is 678 g/mol. The number of fused-ring (bicyclic) bond motifs is 1. The number of hydrogen-bond acceptors (Lipinski definition) is 12. The summed E-state index contributed by atoms with van der Waals surface area (Å²) < 4.78 is 20.2. The topological polar surface area (TPSA) is 201 Å². The first-order valence-electron chi connectivity index (χ1n) is 16.3. The quantitative estimate of drug-likeness (QED) is 0.130. The minimum atomic E-state index is -1.38. The lowest BCUT2D eigenvalue weighted by Crippen LogP contribution is -2.46. The molecule has 2 N–H and O–H groups in total. The van der Waals surface area contributed by atoms with Crippen LogP contribution in [0.4, 0.5) is 11.4 Å². The third-order valence-electron chi connectivity index (χ3n) is 7.47. The van der Waals surface area contributed by atoms with Crippen molar-refractivity contribution >= 4 is 58.9 Å². The molecule has 3 aromatic carbocycles. The fraction of sp³-hybridized carbons (Fsp3) is 0.297. The number of rotatable bonds is 15. The Morgan fingerprint density at radius 3 is 1.52 bits per heavy atom. The van der Waals surface area contributed by atoms with E-state index in [0.717, 1.165) is 11.0 Å². The number of nitrogens with one attached hydrogen (secondary N) is 2. The minimum Gasteiger partial charge on any atom is -0.462 e. The average molecular weight is 716 g/mol. The Kier molecular flexibility index (Phi) is 12.9. The third kappa shape index (κ3) is 9.65. The van der Waals surface area contributed by atoms with Crippen molar-refractivity contribution in [3.63, 3.8) is 0 Å². The van der Waals surface area contributed by atoms with Gasteiger partial charge in [0.25, 0.3) is 23.6 Å². The van der Waals surface area contributed by atoms with Gasteiger partial charge in [0, 0.05) is 11.4 Å². The van der Waals surface area contributed by atoms with Crippen LogP contribution in [0, 0.1) is 5.92 Å². The Bertz CT molecular complexity index is 1870. The van der Waals surface area contributed by atoms with E-state index in [9.17, 15) is 38.4 Å². The van der Waals surface area contributed by atoms with Crippen molar-refractivity contribution in [3.05, 3.63) is 94.5 Å². The van der Waals surface area contributed by atoms with E-state index >= 15 is 0 Å². The first-order valence-corrected chi connectivity index (χ1v) is 16.3. The zero-order chi connectivity index (χ0) is 37.9. The molecule has 15 heteroatoms. The van der Waals surface area contributed by atoms with Crippen LogP contribution in [0.5, 0.6) is 0 Å². The van der Waals surface area contributed by atoms with E-state index in [0.29, 0.717) is 16.9 Å². The van der Waals surface area contributed by atoms with Crippen LogP contribution in [0.3, 0.4) is 0 Å². The molecule has 0 fully saturated rings. The van der Waals surface area contributed by atoms with E-state index < -0.39 is 66.8 Å². The van der Waals surface area contributed by atoms with Gasteiger partial charge < -0.3 is 29.6 Å². The minimum absolute atomic E-state index is 0.0246. The maximum absolute atomic E-state index is 13.5. The Hall–Kier alpha value is -6.38. The fourth-order valence-electron chi connectivity index (χ4n) is 5.07. The van der Waals surface area contributed by atoms with Gasteiger partial charge in [0.1, 0.15) is 6.04 Å². The number of carbonyl (C=O) groups is 8. The summed E-state index contributed by atoms with van der Waals surface area (Å²) in [6, 6.07) is 14.0. The van der Waals surface area contributed by atoms with Crippen LogP contribution in [-0.2, 0) is 33.3 Å². The summed E-state index contributed by atoms with van der Waals surface area (Å²) in [5.41, 5.74) is 0.906. The van der Waals surface area contributed by atoms with Crippen molar-refractivity contribution in [3.8, 4) is 0 Å². The number of carbonyl (C=O) groups excluding carboxylic acids is 8. The molecule has 1 aliphatic rings. The molecule has 4 rings (SSSR count). The molecule has 0 spiro atoms. The molecule has 0 aromatic heterocycles. The molecule has 0 bridgehead atoms. The van der Waals surface area contributed by atoms with Gasteiger partial charge in [0.2, 0.25) is 0 Å². The zero-order valence-electron chi connectivity index (χ0n) is 28.9. The van der Waals surface area contributed by atoms with E-state index in [2.05, 4.69) is 10.6 Å². The second-order valence-electron chi connectivity index (χ2n) is 11.8. The molecule has 0 saturated carbocycles. The van der Waals surface area contributed by atoms with E-state index in [-0.39, 0.29) is 47.8 Å². The van der Waals surface area contributed by atoms with Crippen LogP contribution in [-0.4, -0.2) is 84.9 Å². The molecular formula is C37H37N3O12. The number of nitrogens with zero attached hydrogens (tertiary/aromatic N) is 1. The van der Waals surface area contributed by atoms with Crippen LogP contribution in [0.15, 0.2) is 66.7 Å². The van der Waals surface area contributed by atoms with Crippen LogP contribution < -0.4 is 10.6 Å². The Labute approximate surface area is 298 Å². The van der Waals surface area contributed by atoms with Gasteiger partial charge in [-0.2, -0.15) is 0 Å². The molecule has 1 heterocycles. The maximum atomic E-state index is 13.5. The largest absolute Gasteiger partial charge is 0.462 e. The summed E-state index contributed by atoms with van der Waals surface area (Å²) in [5, 5.41) is 5.06. The summed E-state index contributed by atoms with van der Waals surface area (Å²) in [5.74, 6) is -6.17. The first kappa shape index (κ1) is 38.4. The Morgan fingerprint density at radius 2 is 1.04 bits per heavy atom. The highest BCUT2D eigenvalue weighted by molar-refractivity contribution is 6.23. The lowest BCUT2D eigenvalue weighted by Gasteiger charge is -2.25. The summed E-state index contributed by atoms with van der Waals surface area (Å²) in [7, 11) is 0.